The van der Waals surface area contributed by atoms with E-state index in [1.54, 1.807) is 193 Å². The highest BCUT2D eigenvalue weighted by Crippen LogP contribution is 2.61. The number of rotatable bonds is 8. The van der Waals surface area contributed by atoms with Gasteiger partial charge < -0.3 is 4.23 Å². The molecule has 0 saturated heterocycles. The van der Waals surface area contributed by atoms with E-state index in [4.69, 9.17) is 0 Å². The van der Waals surface area contributed by atoms with Crippen molar-refractivity contribution in [2.75, 3.05) is 0 Å². The minimum Gasteiger partial charge on any atom is -0.342 e. The van der Waals surface area contributed by atoms with Crippen molar-refractivity contribution in [3.63, 3.8) is 0 Å². The van der Waals surface area contributed by atoms with Gasteiger partial charge >= 0.3 is 0 Å². The molecular formula is C36H66NSi2. The van der Waals surface area contributed by atoms with E-state index in [0.717, 1.165) is 17.1 Å². The van der Waals surface area contributed by atoms with Crippen molar-refractivity contribution in [3.05, 3.63) is 0 Å². The predicted molar refractivity (Wildman–Crippen MR) is 174 cm³/mol. The van der Waals surface area contributed by atoms with Gasteiger partial charge in [0.05, 0.1) is 0 Å². The van der Waals surface area contributed by atoms with Crippen LogP contribution in [0.2, 0.25) is 27.7 Å². The van der Waals surface area contributed by atoms with Gasteiger partial charge in [-0.2, -0.15) is 0 Å². The van der Waals surface area contributed by atoms with Crippen LogP contribution in [0.3, 0.4) is 0 Å². The summed E-state index contributed by atoms with van der Waals surface area (Å²) >= 11 is 0. The molecule has 223 valence electrons. The van der Waals surface area contributed by atoms with Gasteiger partial charge in [-0.15, -0.1) is 0 Å². The number of hydrogen-bond acceptors (Lipinski definition) is 1. The molecule has 0 bridgehead atoms. The molecule has 6 saturated carbocycles. The lowest BCUT2D eigenvalue weighted by Gasteiger charge is -2.64. The van der Waals surface area contributed by atoms with Crippen molar-refractivity contribution in [3.8, 4) is 0 Å². The molecule has 0 aromatic heterocycles. The average Bonchev–Trinajstić information content (AvgIpc) is 3.04. The summed E-state index contributed by atoms with van der Waals surface area (Å²) in [5.74, 6) is 0. The molecule has 6 aliphatic rings. The zero-order valence-corrected chi connectivity index (χ0v) is 28.1. The lowest BCUT2D eigenvalue weighted by Crippen LogP contribution is -2.72. The van der Waals surface area contributed by atoms with Gasteiger partial charge in [-0.05, 0) is 46.6 Å². The van der Waals surface area contributed by atoms with Crippen LogP contribution in [-0.2, 0) is 0 Å². The Balaban J connectivity index is 1.51. The van der Waals surface area contributed by atoms with Crippen LogP contribution in [0.1, 0.15) is 193 Å². The molecule has 6 fully saturated rings. The topological polar surface area (TPSA) is 3.24 Å². The highest BCUT2D eigenvalue weighted by Gasteiger charge is 2.61. The summed E-state index contributed by atoms with van der Waals surface area (Å²) in [4.78, 5) is 0. The molecule has 0 unspecified atom stereocenters. The molecule has 0 N–H and O–H groups in total. The lowest BCUT2D eigenvalue weighted by atomic mass is 9.96. The van der Waals surface area contributed by atoms with Crippen molar-refractivity contribution in [2.24, 2.45) is 0 Å². The van der Waals surface area contributed by atoms with E-state index in [1.165, 1.54) is 16.6 Å². The highest BCUT2D eigenvalue weighted by molar-refractivity contribution is 6.89. The van der Waals surface area contributed by atoms with Crippen LogP contribution >= 0.6 is 0 Å². The Morgan fingerprint density at radius 3 is 0.949 bits per heavy atom. The van der Waals surface area contributed by atoms with E-state index < -0.39 is 17.2 Å². The molecule has 39 heavy (non-hydrogen) atoms. The van der Waals surface area contributed by atoms with E-state index >= 15 is 0 Å². The van der Waals surface area contributed by atoms with Crippen molar-refractivity contribution >= 4 is 17.2 Å². The monoisotopic (exact) mass is 568 g/mol. The van der Waals surface area contributed by atoms with Crippen LogP contribution in [-0.4, -0.2) is 27.5 Å². The molecule has 3 heteroatoms. The predicted octanol–water partition coefficient (Wildman–Crippen LogP) is 12.2. The van der Waals surface area contributed by atoms with Gasteiger partial charge in [-0.25, -0.2) is 0 Å². The molecule has 0 spiro atoms. The zero-order chi connectivity index (χ0) is 26.3. The summed E-state index contributed by atoms with van der Waals surface area (Å²) in [6, 6.07) is 1.02. The Morgan fingerprint density at radius 2 is 0.615 bits per heavy atom. The van der Waals surface area contributed by atoms with Crippen molar-refractivity contribution in [1.29, 1.82) is 0 Å². The Hall–Kier alpha value is 0.394. The number of hydrogen-bond donors (Lipinski definition) is 0. The molecule has 0 aromatic rings. The molecule has 0 aromatic carbocycles. The summed E-state index contributed by atoms with van der Waals surface area (Å²) in [6.07, 6.45) is 48.0. The first kappa shape index (κ1) is 29.5. The van der Waals surface area contributed by atoms with Crippen molar-refractivity contribution in [2.45, 2.75) is 226 Å². The van der Waals surface area contributed by atoms with Gasteiger partial charge in [0, 0.05) is 0 Å². The van der Waals surface area contributed by atoms with Gasteiger partial charge in [0.1, 0.15) is 17.2 Å². The molecule has 0 aliphatic heterocycles. The average molecular weight is 569 g/mol. The fourth-order valence-corrected chi connectivity index (χ4v) is 28.6. The molecule has 6 aliphatic carbocycles. The first-order valence-electron chi connectivity index (χ1n) is 19.0. The quantitative estimate of drug-likeness (QED) is 0.263. The Labute approximate surface area is 247 Å². The fraction of sp³-hybridized carbons (Fsp3) is 1.00. The van der Waals surface area contributed by atoms with Gasteiger partial charge in [0.25, 0.3) is 0 Å². The third-order valence-electron chi connectivity index (χ3n) is 13.5. The zero-order valence-electron chi connectivity index (χ0n) is 26.1. The van der Waals surface area contributed by atoms with Crippen LogP contribution in [0.25, 0.3) is 0 Å². The Bertz CT molecular complexity index is 625. The third kappa shape index (κ3) is 6.51. The smallest absolute Gasteiger partial charge is 0.136 e. The summed E-state index contributed by atoms with van der Waals surface area (Å²) in [5.41, 5.74) is 5.82. The molecule has 1 radical (unpaired) electrons. The van der Waals surface area contributed by atoms with E-state index in [-0.39, 0.29) is 0 Å². The van der Waals surface area contributed by atoms with Gasteiger partial charge in [0.2, 0.25) is 0 Å². The standard InChI is InChI=1S/C36H66NSi2/c1-7-19-31(20-8-1)37(38(32-21-9-2-10-22-32)33-23-11-3-12-24-33)39(34-25-13-4-14-26-34,35-27-15-5-16-28-35)36-29-17-6-18-30-36/h31-36H,1-30H2. The summed E-state index contributed by atoms with van der Waals surface area (Å²) in [6.45, 7) is 0. The van der Waals surface area contributed by atoms with Crippen molar-refractivity contribution < 1.29 is 0 Å². The van der Waals surface area contributed by atoms with Crippen LogP contribution in [0.15, 0.2) is 0 Å². The normalized spacial score (nSPS) is 29.4. The second kappa shape index (κ2) is 14.7. The van der Waals surface area contributed by atoms with E-state index in [9.17, 15) is 0 Å². The van der Waals surface area contributed by atoms with Crippen LogP contribution in [0.5, 0.6) is 0 Å². The Morgan fingerprint density at radius 1 is 0.333 bits per heavy atom. The van der Waals surface area contributed by atoms with Crippen molar-refractivity contribution in [1.82, 2.24) is 4.23 Å². The van der Waals surface area contributed by atoms with Crippen LogP contribution in [0, 0.1) is 0 Å². The Kier molecular flexibility index (Phi) is 11.1. The van der Waals surface area contributed by atoms with E-state index in [1.807, 2.05) is 0 Å². The molecule has 1 nitrogen and oxygen atoms in total. The maximum Gasteiger partial charge on any atom is 0.136 e. The molecule has 6 rings (SSSR count). The SMILES string of the molecule is C1CCC(N([Si](C2CCCCC2)C2CCCCC2)[Si](C2CCCCC2)(C2CCCCC2)C2CCCCC2)CC1. The first-order valence-corrected chi connectivity index (χ1v) is 22.8. The number of nitrogens with zero attached hydrogens (tertiary/aromatic N) is 1. The second-order valence-electron chi connectivity index (χ2n) is 15.6. The highest BCUT2D eigenvalue weighted by atomic mass is 28.4. The maximum absolute atomic E-state index is 3.91. The third-order valence-corrected chi connectivity index (χ3v) is 26.0. The summed E-state index contributed by atoms with van der Waals surface area (Å²) in [7, 11) is -2.15. The molecule has 0 atom stereocenters. The fourth-order valence-electron chi connectivity index (χ4n) is 11.9. The first-order chi connectivity index (χ1) is 19.4. The van der Waals surface area contributed by atoms with Gasteiger partial charge in [0.15, 0.2) is 0 Å². The summed E-state index contributed by atoms with van der Waals surface area (Å²) < 4.78 is 3.91. The minimum absolute atomic E-state index is 0.489. The largest absolute Gasteiger partial charge is 0.342 e. The molecule has 0 heterocycles. The summed E-state index contributed by atoms with van der Waals surface area (Å²) in [5, 5.41) is 0. The van der Waals surface area contributed by atoms with Crippen LogP contribution in [0.4, 0.5) is 0 Å². The van der Waals surface area contributed by atoms with Gasteiger partial charge in [-0.1, -0.05) is 180 Å². The molecule has 0 amide bonds. The second-order valence-corrected chi connectivity index (χ2v) is 23.8. The van der Waals surface area contributed by atoms with Crippen LogP contribution < -0.4 is 0 Å². The minimum atomic E-state index is -1.66. The molecular weight excluding hydrogens is 503 g/mol. The maximum atomic E-state index is 3.91. The van der Waals surface area contributed by atoms with Gasteiger partial charge in [-0.3, -0.25) is 0 Å². The lowest BCUT2D eigenvalue weighted by molar-refractivity contribution is 0.277. The van der Waals surface area contributed by atoms with E-state index in [0.29, 0.717) is 0 Å². The van der Waals surface area contributed by atoms with E-state index in [2.05, 4.69) is 4.23 Å².